The molecular formula is C26H41N3O5. The van der Waals surface area contributed by atoms with E-state index in [1.807, 2.05) is 20.8 Å². The van der Waals surface area contributed by atoms with Crippen molar-refractivity contribution in [3.63, 3.8) is 0 Å². The molecule has 2 atom stereocenters. The smallest absolute Gasteiger partial charge is 0.408 e. The van der Waals surface area contributed by atoms with Gasteiger partial charge in [0.1, 0.15) is 23.4 Å². The van der Waals surface area contributed by atoms with Crippen LogP contribution in [0.1, 0.15) is 72.4 Å². The fourth-order valence-corrected chi connectivity index (χ4v) is 3.42. The number of rotatable bonds is 12. The van der Waals surface area contributed by atoms with E-state index in [-0.39, 0.29) is 24.1 Å². The summed E-state index contributed by atoms with van der Waals surface area (Å²) in [5, 5.41) is 15.3. The molecule has 0 bridgehead atoms. The lowest BCUT2D eigenvalue weighted by Gasteiger charge is -2.34. The standard InChI is InChI=1S/C26H41N3O5/c1-8-10-15-27-23(31)22(19-11-13-20(30)14-12-19)29(16-9-2)24(32)21(17-18(3)4)28-25(33)34-26(5,6)7/h9,11-14,18,21-22,30H,2,8,10,15-17H2,1,3-7H3,(H,27,31)(H,28,33). The molecule has 1 rings (SSSR count). The van der Waals surface area contributed by atoms with Gasteiger partial charge in [0, 0.05) is 13.1 Å². The lowest BCUT2D eigenvalue weighted by Crippen LogP contribution is -2.53. The van der Waals surface area contributed by atoms with E-state index in [0.717, 1.165) is 12.8 Å². The summed E-state index contributed by atoms with van der Waals surface area (Å²) in [6.07, 6.45) is 2.93. The van der Waals surface area contributed by atoms with Crippen molar-refractivity contribution in [3.05, 3.63) is 42.5 Å². The van der Waals surface area contributed by atoms with Crippen molar-refractivity contribution >= 4 is 17.9 Å². The van der Waals surface area contributed by atoms with Gasteiger partial charge in [0.15, 0.2) is 0 Å². The highest BCUT2D eigenvalue weighted by molar-refractivity contribution is 5.92. The van der Waals surface area contributed by atoms with Gasteiger partial charge in [-0.25, -0.2) is 4.79 Å². The number of phenolic OH excluding ortho intramolecular Hbond substituents is 1. The first-order valence-corrected chi connectivity index (χ1v) is 11.9. The number of aromatic hydroxyl groups is 1. The SMILES string of the molecule is C=CCN(C(=O)C(CC(C)C)NC(=O)OC(C)(C)C)C(C(=O)NCCCC)c1ccc(O)cc1. The van der Waals surface area contributed by atoms with E-state index in [1.165, 1.54) is 17.0 Å². The number of carbonyl (C=O) groups is 3. The first-order valence-electron chi connectivity index (χ1n) is 11.9. The summed E-state index contributed by atoms with van der Waals surface area (Å²) in [6.45, 7) is 15.5. The molecule has 1 aromatic carbocycles. The number of nitrogens with zero attached hydrogens (tertiary/aromatic N) is 1. The molecule has 2 unspecified atom stereocenters. The molecular weight excluding hydrogens is 434 g/mol. The lowest BCUT2D eigenvalue weighted by atomic mass is 9.99. The number of carbonyl (C=O) groups excluding carboxylic acids is 3. The van der Waals surface area contributed by atoms with Crippen LogP contribution in [0.3, 0.4) is 0 Å². The predicted molar refractivity (Wildman–Crippen MR) is 133 cm³/mol. The Hall–Kier alpha value is -3.03. The predicted octanol–water partition coefficient (Wildman–Crippen LogP) is 4.30. The molecule has 3 amide bonds. The Labute approximate surface area is 203 Å². The molecule has 0 saturated heterocycles. The van der Waals surface area contributed by atoms with Crippen molar-refractivity contribution in [1.82, 2.24) is 15.5 Å². The number of alkyl carbamates (subject to hydrolysis) is 1. The summed E-state index contributed by atoms with van der Waals surface area (Å²) in [7, 11) is 0. The van der Waals surface area contributed by atoms with E-state index in [4.69, 9.17) is 4.74 Å². The summed E-state index contributed by atoms with van der Waals surface area (Å²) in [4.78, 5) is 40.9. The molecule has 0 aliphatic rings. The number of ether oxygens (including phenoxy) is 1. The van der Waals surface area contributed by atoms with Crippen molar-refractivity contribution in [2.75, 3.05) is 13.1 Å². The van der Waals surface area contributed by atoms with Crippen molar-refractivity contribution in [2.24, 2.45) is 5.92 Å². The van der Waals surface area contributed by atoms with E-state index in [9.17, 15) is 19.5 Å². The Bertz CT molecular complexity index is 815. The molecule has 0 spiro atoms. The van der Waals surface area contributed by atoms with Gasteiger partial charge in [-0.15, -0.1) is 6.58 Å². The van der Waals surface area contributed by atoms with Crippen molar-refractivity contribution in [2.45, 2.75) is 78.5 Å². The number of hydrogen-bond acceptors (Lipinski definition) is 5. The highest BCUT2D eigenvalue weighted by Gasteiger charge is 2.36. The number of hydrogen-bond donors (Lipinski definition) is 3. The Morgan fingerprint density at radius 2 is 1.79 bits per heavy atom. The number of nitrogens with one attached hydrogen (secondary N) is 2. The van der Waals surface area contributed by atoms with Crippen LogP contribution >= 0.6 is 0 Å². The second kappa shape index (κ2) is 13.6. The quantitative estimate of drug-likeness (QED) is 0.308. The van der Waals surface area contributed by atoms with Crippen LogP contribution in [0, 0.1) is 5.92 Å². The third-order valence-electron chi connectivity index (χ3n) is 4.90. The number of benzene rings is 1. The Morgan fingerprint density at radius 1 is 1.18 bits per heavy atom. The van der Waals surface area contributed by atoms with Crippen LogP contribution in [0.15, 0.2) is 36.9 Å². The van der Waals surface area contributed by atoms with E-state index < -0.39 is 29.7 Å². The third kappa shape index (κ3) is 9.85. The van der Waals surface area contributed by atoms with Crippen LogP contribution in [0.25, 0.3) is 0 Å². The third-order valence-corrected chi connectivity index (χ3v) is 4.90. The molecule has 8 nitrogen and oxygen atoms in total. The van der Waals surface area contributed by atoms with Crippen LogP contribution in [0.5, 0.6) is 5.75 Å². The van der Waals surface area contributed by atoms with Crippen molar-refractivity contribution in [3.8, 4) is 5.75 Å². The maximum Gasteiger partial charge on any atom is 0.408 e. The Morgan fingerprint density at radius 3 is 2.29 bits per heavy atom. The maximum absolute atomic E-state index is 13.8. The molecule has 190 valence electrons. The van der Waals surface area contributed by atoms with Gasteiger partial charge in [-0.2, -0.15) is 0 Å². The van der Waals surface area contributed by atoms with Gasteiger partial charge >= 0.3 is 6.09 Å². The molecule has 0 aromatic heterocycles. The number of amides is 3. The Balaban J connectivity index is 3.35. The molecule has 0 aliphatic carbocycles. The highest BCUT2D eigenvalue weighted by Crippen LogP contribution is 2.25. The van der Waals surface area contributed by atoms with Crippen molar-refractivity contribution in [1.29, 1.82) is 0 Å². The van der Waals surface area contributed by atoms with Crippen LogP contribution in [0.4, 0.5) is 4.79 Å². The molecule has 0 radical (unpaired) electrons. The Kier molecular flexibility index (Phi) is 11.6. The van der Waals surface area contributed by atoms with Gasteiger partial charge in [-0.3, -0.25) is 9.59 Å². The average molecular weight is 476 g/mol. The van der Waals surface area contributed by atoms with Gasteiger partial charge in [-0.1, -0.05) is 45.4 Å². The van der Waals surface area contributed by atoms with E-state index in [2.05, 4.69) is 17.2 Å². The first kappa shape index (κ1) is 29.0. The zero-order chi connectivity index (χ0) is 25.9. The second-order valence-corrected chi connectivity index (χ2v) is 9.75. The fourth-order valence-electron chi connectivity index (χ4n) is 3.42. The van der Waals surface area contributed by atoms with E-state index >= 15 is 0 Å². The largest absolute Gasteiger partial charge is 0.508 e. The van der Waals surface area contributed by atoms with E-state index in [1.54, 1.807) is 39.0 Å². The van der Waals surface area contributed by atoms with Crippen LogP contribution < -0.4 is 10.6 Å². The van der Waals surface area contributed by atoms with Gasteiger partial charge in [0.25, 0.3) is 0 Å². The number of unbranched alkanes of at least 4 members (excludes halogenated alkanes) is 1. The molecule has 0 heterocycles. The van der Waals surface area contributed by atoms with E-state index in [0.29, 0.717) is 18.5 Å². The van der Waals surface area contributed by atoms with Crippen molar-refractivity contribution < 1.29 is 24.2 Å². The summed E-state index contributed by atoms with van der Waals surface area (Å²) in [5.41, 5.74) is -0.174. The number of phenols is 1. The minimum absolute atomic E-state index is 0.0553. The van der Waals surface area contributed by atoms with Gasteiger partial charge in [-0.05, 0) is 57.2 Å². The zero-order valence-corrected chi connectivity index (χ0v) is 21.4. The van der Waals surface area contributed by atoms with Gasteiger partial charge < -0.3 is 25.4 Å². The topological polar surface area (TPSA) is 108 Å². The second-order valence-electron chi connectivity index (χ2n) is 9.75. The highest BCUT2D eigenvalue weighted by atomic mass is 16.6. The summed E-state index contributed by atoms with van der Waals surface area (Å²) < 4.78 is 5.36. The summed E-state index contributed by atoms with van der Waals surface area (Å²) in [5.74, 6) is -0.599. The molecule has 0 saturated carbocycles. The maximum atomic E-state index is 13.8. The van der Waals surface area contributed by atoms with Gasteiger partial charge in [0.2, 0.25) is 11.8 Å². The lowest BCUT2D eigenvalue weighted by molar-refractivity contribution is -0.142. The first-order chi connectivity index (χ1) is 15.9. The molecule has 8 heteroatoms. The summed E-state index contributed by atoms with van der Waals surface area (Å²) >= 11 is 0. The molecule has 1 aromatic rings. The average Bonchev–Trinajstić information content (AvgIpc) is 2.72. The monoisotopic (exact) mass is 475 g/mol. The van der Waals surface area contributed by atoms with Crippen LogP contribution in [-0.4, -0.2) is 52.6 Å². The minimum Gasteiger partial charge on any atom is -0.508 e. The molecule has 0 fully saturated rings. The fraction of sp³-hybridized carbons (Fsp3) is 0.577. The molecule has 34 heavy (non-hydrogen) atoms. The molecule has 3 N–H and O–H groups in total. The zero-order valence-electron chi connectivity index (χ0n) is 21.4. The minimum atomic E-state index is -0.960. The molecule has 0 aliphatic heterocycles. The van der Waals surface area contributed by atoms with Crippen LogP contribution in [-0.2, 0) is 14.3 Å². The summed E-state index contributed by atoms with van der Waals surface area (Å²) in [6, 6.07) is 4.32. The normalized spacial score (nSPS) is 13.0. The van der Waals surface area contributed by atoms with Gasteiger partial charge in [0.05, 0.1) is 0 Å². The van der Waals surface area contributed by atoms with Crippen LogP contribution in [0.2, 0.25) is 0 Å².